The second kappa shape index (κ2) is 4.11. The number of aryl methyl sites for hydroxylation is 1. The van der Waals surface area contributed by atoms with Crippen LogP contribution < -0.4 is 5.73 Å². The van der Waals surface area contributed by atoms with Gasteiger partial charge in [0.2, 0.25) is 0 Å². The van der Waals surface area contributed by atoms with Crippen molar-refractivity contribution in [2.24, 2.45) is 0 Å². The largest absolute Gasteiger partial charge is 0.397 e. The Kier molecular flexibility index (Phi) is 2.95. The first kappa shape index (κ1) is 11.5. The molecule has 16 heavy (non-hydrogen) atoms. The first-order valence-electron chi connectivity index (χ1n) is 4.78. The number of nitrogen functional groups attached to an aromatic ring is 1. The smallest absolute Gasteiger partial charge is 0.0889 e. The van der Waals surface area contributed by atoms with Gasteiger partial charge in [-0.25, -0.2) is 4.68 Å². The van der Waals surface area contributed by atoms with Crippen LogP contribution in [0.15, 0.2) is 22.7 Å². The minimum atomic E-state index is 0.672. The average Bonchev–Trinajstić information content (AvgIpc) is 2.50. The van der Waals surface area contributed by atoms with Crippen molar-refractivity contribution in [3.8, 4) is 5.69 Å². The number of halogens is 2. The normalized spacial score (nSPS) is 10.8. The van der Waals surface area contributed by atoms with Crippen LogP contribution in [0.1, 0.15) is 11.4 Å². The molecule has 0 aliphatic carbocycles. The van der Waals surface area contributed by atoms with Gasteiger partial charge in [0.05, 0.1) is 27.8 Å². The highest BCUT2D eigenvalue weighted by Gasteiger charge is 2.12. The summed E-state index contributed by atoms with van der Waals surface area (Å²) in [4.78, 5) is 0. The number of benzene rings is 1. The summed E-state index contributed by atoms with van der Waals surface area (Å²) in [7, 11) is 0. The van der Waals surface area contributed by atoms with Gasteiger partial charge >= 0.3 is 0 Å². The molecule has 0 saturated heterocycles. The number of hydrogen-bond acceptors (Lipinski definition) is 2. The molecule has 0 radical (unpaired) electrons. The van der Waals surface area contributed by atoms with E-state index in [0.29, 0.717) is 10.7 Å². The zero-order valence-corrected chi connectivity index (χ0v) is 11.3. The van der Waals surface area contributed by atoms with Crippen molar-refractivity contribution >= 4 is 33.2 Å². The van der Waals surface area contributed by atoms with E-state index in [4.69, 9.17) is 17.3 Å². The molecular formula is C11H11BrClN3. The standard InChI is InChI=1S/C11H11BrClN3/c1-6-11(13)7(2)16(15-6)10-5-8(12)3-4-9(10)14/h3-5H,14H2,1-2H3. The molecule has 0 spiro atoms. The van der Waals surface area contributed by atoms with Crippen LogP contribution in [-0.2, 0) is 0 Å². The zero-order valence-electron chi connectivity index (χ0n) is 8.96. The number of nitrogens with two attached hydrogens (primary N) is 1. The van der Waals surface area contributed by atoms with Gasteiger partial charge in [-0.1, -0.05) is 27.5 Å². The highest BCUT2D eigenvalue weighted by molar-refractivity contribution is 9.10. The fourth-order valence-electron chi connectivity index (χ4n) is 1.56. The van der Waals surface area contributed by atoms with Crippen LogP contribution in [0, 0.1) is 13.8 Å². The van der Waals surface area contributed by atoms with E-state index >= 15 is 0 Å². The second-order valence-electron chi connectivity index (χ2n) is 3.60. The molecule has 0 saturated carbocycles. The molecule has 2 rings (SSSR count). The van der Waals surface area contributed by atoms with Gasteiger partial charge in [-0.3, -0.25) is 0 Å². The third-order valence-electron chi connectivity index (χ3n) is 2.42. The third-order valence-corrected chi connectivity index (χ3v) is 3.46. The Morgan fingerprint density at radius 1 is 1.38 bits per heavy atom. The van der Waals surface area contributed by atoms with Crippen molar-refractivity contribution in [1.82, 2.24) is 9.78 Å². The Balaban J connectivity index is 2.67. The van der Waals surface area contributed by atoms with Crippen molar-refractivity contribution in [2.75, 3.05) is 5.73 Å². The molecule has 1 aromatic carbocycles. The van der Waals surface area contributed by atoms with E-state index < -0.39 is 0 Å². The quantitative estimate of drug-likeness (QED) is 0.819. The molecule has 0 bridgehead atoms. The van der Waals surface area contributed by atoms with Gasteiger partial charge in [-0.15, -0.1) is 0 Å². The monoisotopic (exact) mass is 299 g/mol. The second-order valence-corrected chi connectivity index (χ2v) is 4.89. The molecule has 3 nitrogen and oxygen atoms in total. The van der Waals surface area contributed by atoms with Crippen LogP contribution in [0.3, 0.4) is 0 Å². The molecule has 0 amide bonds. The van der Waals surface area contributed by atoms with Gasteiger partial charge in [0.1, 0.15) is 0 Å². The number of rotatable bonds is 1. The lowest BCUT2D eigenvalue weighted by Gasteiger charge is -2.08. The number of hydrogen-bond donors (Lipinski definition) is 1. The molecule has 2 N–H and O–H groups in total. The molecule has 84 valence electrons. The topological polar surface area (TPSA) is 43.8 Å². The van der Waals surface area contributed by atoms with Crippen molar-refractivity contribution in [1.29, 1.82) is 0 Å². The fraction of sp³-hybridized carbons (Fsp3) is 0.182. The van der Waals surface area contributed by atoms with Crippen LogP contribution in [0.4, 0.5) is 5.69 Å². The summed E-state index contributed by atoms with van der Waals surface area (Å²) in [5.74, 6) is 0. The van der Waals surface area contributed by atoms with E-state index in [9.17, 15) is 0 Å². The number of aromatic nitrogens is 2. The lowest BCUT2D eigenvalue weighted by atomic mass is 10.2. The Morgan fingerprint density at radius 3 is 2.62 bits per heavy atom. The molecule has 0 atom stereocenters. The third kappa shape index (κ3) is 1.83. The van der Waals surface area contributed by atoms with Gasteiger partial charge in [-0.2, -0.15) is 5.10 Å². The zero-order chi connectivity index (χ0) is 11.9. The van der Waals surface area contributed by atoms with Crippen LogP contribution in [0.2, 0.25) is 5.02 Å². The lowest BCUT2D eigenvalue weighted by molar-refractivity contribution is 0.835. The number of anilines is 1. The van der Waals surface area contributed by atoms with Gasteiger partial charge in [0, 0.05) is 4.47 Å². The van der Waals surface area contributed by atoms with E-state index in [1.807, 2.05) is 32.0 Å². The summed E-state index contributed by atoms with van der Waals surface area (Å²) >= 11 is 9.52. The molecule has 2 aromatic rings. The predicted octanol–water partition coefficient (Wildman–Crippen LogP) is 3.49. The maximum absolute atomic E-state index is 6.10. The highest BCUT2D eigenvalue weighted by atomic mass is 79.9. The molecule has 0 unspecified atom stereocenters. The van der Waals surface area contributed by atoms with Crippen LogP contribution in [-0.4, -0.2) is 9.78 Å². The maximum atomic E-state index is 6.10. The van der Waals surface area contributed by atoms with Gasteiger partial charge < -0.3 is 5.73 Å². The molecule has 1 heterocycles. The Bertz CT molecular complexity index is 548. The molecule has 1 aromatic heterocycles. The van der Waals surface area contributed by atoms with Crippen molar-refractivity contribution < 1.29 is 0 Å². The van der Waals surface area contributed by atoms with Crippen LogP contribution in [0.25, 0.3) is 5.69 Å². The lowest BCUT2D eigenvalue weighted by Crippen LogP contribution is -2.03. The highest BCUT2D eigenvalue weighted by Crippen LogP contribution is 2.27. The minimum Gasteiger partial charge on any atom is -0.397 e. The SMILES string of the molecule is Cc1nn(-c2cc(Br)ccc2N)c(C)c1Cl. The minimum absolute atomic E-state index is 0.672. The molecule has 5 heteroatoms. The van der Waals surface area contributed by atoms with Crippen molar-refractivity contribution in [3.63, 3.8) is 0 Å². The van der Waals surface area contributed by atoms with E-state index in [-0.39, 0.29) is 0 Å². The fourth-order valence-corrected chi connectivity index (χ4v) is 2.03. The molecular weight excluding hydrogens is 289 g/mol. The van der Waals surface area contributed by atoms with E-state index in [1.54, 1.807) is 4.68 Å². The summed E-state index contributed by atoms with van der Waals surface area (Å²) in [5.41, 5.74) is 9.13. The molecule has 0 aliphatic rings. The summed E-state index contributed by atoms with van der Waals surface area (Å²) in [6, 6.07) is 5.65. The first-order valence-corrected chi connectivity index (χ1v) is 5.95. The molecule has 0 aliphatic heterocycles. The predicted molar refractivity (Wildman–Crippen MR) is 70.2 cm³/mol. The van der Waals surface area contributed by atoms with Crippen LogP contribution in [0.5, 0.6) is 0 Å². The Hall–Kier alpha value is -1.00. The van der Waals surface area contributed by atoms with Gasteiger partial charge in [-0.05, 0) is 32.0 Å². The van der Waals surface area contributed by atoms with Crippen molar-refractivity contribution in [2.45, 2.75) is 13.8 Å². The van der Waals surface area contributed by atoms with Crippen LogP contribution >= 0.6 is 27.5 Å². The van der Waals surface area contributed by atoms with Crippen molar-refractivity contribution in [3.05, 3.63) is 39.1 Å². The molecule has 0 fully saturated rings. The Labute approximate surface area is 107 Å². The Morgan fingerprint density at radius 2 is 2.06 bits per heavy atom. The summed E-state index contributed by atoms with van der Waals surface area (Å²) in [5, 5.41) is 5.05. The maximum Gasteiger partial charge on any atom is 0.0889 e. The van der Waals surface area contributed by atoms with E-state index in [1.165, 1.54) is 0 Å². The summed E-state index contributed by atoms with van der Waals surface area (Å²) in [6.45, 7) is 3.79. The summed E-state index contributed by atoms with van der Waals surface area (Å²) < 4.78 is 2.72. The van der Waals surface area contributed by atoms with Gasteiger partial charge in [0.15, 0.2) is 0 Å². The van der Waals surface area contributed by atoms with Gasteiger partial charge in [0.25, 0.3) is 0 Å². The van der Waals surface area contributed by atoms with E-state index in [2.05, 4.69) is 21.0 Å². The number of nitrogens with zero attached hydrogens (tertiary/aromatic N) is 2. The average molecular weight is 301 g/mol. The first-order chi connectivity index (χ1) is 7.50. The van der Waals surface area contributed by atoms with E-state index in [0.717, 1.165) is 21.5 Å². The summed E-state index contributed by atoms with van der Waals surface area (Å²) in [6.07, 6.45) is 0.